The van der Waals surface area contributed by atoms with Gasteiger partial charge in [-0.05, 0) is 6.08 Å². The summed E-state index contributed by atoms with van der Waals surface area (Å²) in [7, 11) is 0. The van der Waals surface area contributed by atoms with Gasteiger partial charge in [0.2, 0.25) is 0 Å². The molecule has 4 heteroatoms. The van der Waals surface area contributed by atoms with Crippen LogP contribution in [0.4, 0.5) is 0 Å². The molecule has 2 rings (SSSR count). The molecular formula is C7H8N2O2. The van der Waals surface area contributed by atoms with Crippen molar-refractivity contribution in [3.05, 3.63) is 12.4 Å². The first-order chi connectivity index (χ1) is 5.40. The Morgan fingerprint density at radius 2 is 2.27 bits per heavy atom. The number of aromatic amines is 1. The monoisotopic (exact) mass is 152 g/mol. The minimum Gasteiger partial charge on any atom is -0.472 e. The minimum atomic E-state index is 0.533. The van der Waals surface area contributed by atoms with Gasteiger partial charge in [-0.2, -0.15) is 4.98 Å². The maximum Gasteiger partial charge on any atom is 0.278 e. The number of nitrogens with one attached hydrogen (secondary N) is 1. The van der Waals surface area contributed by atoms with Gasteiger partial charge in [-0.15, -0.1) is 0 Å². The molecule has 0 saturated carbocycles. The van der Waals surface area contributed by atoms with E-state index in [2.05, 4.69) is 16.5 Å². The number of rotatable bonds is 1. The Morgan fingerprint density at radius 1 is 1.45 bits per heavy atom. The quantitative estimate of drug-likeness (QED) is 0.648. The molecule has 0 aliphatic carbocycles. The molecule has 1 aromatic heterocycles. The molecule has 1 aliphatic rings. The van der Waals surface area contributed by atoms with E-state index in [1.165, 1.54) is 0 Å². The van der Waals surface area contributed by atoms with E-state index in [1.54, 1.807) is 6.08 Å². The summed E-state index contributed by atoms with van der Waals surface area (Å²) in [5.41, 5.74) is 0. The lowest BCUT2D eigenvalue weighted by Crippen LogP contribution is -2.14. The largest absolute Gasteiger partial charge is 0.472 e. The molecule has 2 heterocycles. The summed E-state index contributed by atoms with van der Waals surface area (Å²) < 4.78 is 10.4. The second-order valence-electron chi connectivity index (χ2n) is 2.16. The van der Waals surface area contributed by atoms with Crippen molar-refractivity contribution in [1.29, 1.82) is 0 Å². The predicted octanol–water partition coefficient (Wildman–Crippen LogP) is 0.824. The normalized spacial score (nSPS) is 14.5. The van der Waals surface area contributed by atoms with Gasteiger partial charge in [0, 0.05) is 0 Å². The fourth-order valence-electron chi connectivity index (χ4n) is 0.932. The highest BCUT2D eigenvalue weighted by atomic mass is 16.6. The molecule has 0 aromatic carbocycles. The summed E-state index contributed by atoms with van der Waals surface area (Å²) in [6.45, 7) is 4.71. The molecule has 1 N–H and O–H groups in total. The van der Waals surface area contributed by atoms with Crippen molar-refractivity contribution >= 4 is 6.08 Å². The van der Waals surface area contributed by atoms with Gasteiger partial charge in [0.05, 0.1) is 0 Å². The van der Waals surface area contributed by atoms with Crippen LogP contribution in [0.3, 0.4) is 0 Å². The summed E-state index contributed by atoms with van der Waals surface area (Å²) in [4.78, 5) is 6.96. The van der Waals surface area contributed by atoms with Gasteiger partial charge in [0.25, 0.3) is 11.8 Å². The number of nitrogens with zero attached hydrogens (tertiary/aromatic N) is 1. The average molecular weight is 152 g/mol. The Labute approximate surface area is 63.9 Å². The van der Waals surface area contributed by atoms with Crippen molar-refractivity contribution in [3.8, 4) is 11.8 Å². The topological polar surface area (TPSA) is 47.1 Å². The van der Waals surface area contributed by atoms with E-state index in [1.807, 2.05) is 0 Å². The molecule has 0 saturated heterocycles. The van der Waals surface area contributed by atoms with E-state index in [4.69, 9.17) is 9.47 Å². The second-order valence-corrected chi connectivity index (χ2v) is 2.16. The van der Waals surface area contributed by atoms with Gasteiger partial charge in [0.1, 0.15) is 19.0 Å². The van der Waals surface area contributed by atoms with Crippen molar-refractivity contribution in [1.82, 2.24) is 9.97 Å². The van der Waals surface area contributed by atoms with Crippen molar-refractivity contribution in [2.24, 2.45) is 0 Å². The standard InChI is InChI=1S/C7H8N2O2/c1-2-5-8-6-7(9-5)11-4-3-10-6/h2H,1,3-4H2,(H,8,9). The van der Waals surface area contributed by atoms with Crippen LogP contribution >= 0.6 is 0 Å². The van der Waals surface area contributed by atoms with Gasteiger partial charge >= 0.3 is 0 Å². The number of H-pyrrole nitrogens is 1. The highest BCUT2D eigenvalue weighted by molar-refractivity contribution is 5.42. The van der Waals surface area contributed by atoms with Gasteiger partial charge in [-0.25, -0.2) is 0 Å². The molecule has 0 amide bonds. The number of ether oxygens (including phenoxy) is 2. The molecule has 58 valence electrons. The molecule has 1 aromatic rings. The molecule has 0 radical (unpaired) electrons. The van der Waals surface area contributed by atoms with Crippen molar-refractivity contribution in [3.63, 3.8) is 0 Å². The smallest absolute Gasteiger partial charge is 0.278 e. The van der Waals surface area contributed by atoms with Gasteiger partial charge in [-0.3, -0.25) is 0 Å². The molecule has 0 unspecified atom stereocenters. The number of hydrogen-bond donors (Lipinski definition) is 1. The first-order valence-corrected chi connectivity index (χ1v) is 3.38. The lowest BCUT2D eigenvalue weighted by atomic mass is 10.6. The minimum absolute atomic E-state index is 0.533. The highest BCUT2D eigenvalue weighted by Gasteiger charge is 2.15. The molecule has 0 atom stereocenters. The lowest BCUT2D eigenvalue weighted by molar-refractivity contribution is 0.162. The number of fused-ring (bicyclic) bond motifs is 1. The third-order valence-electron chi connectivity index (χ3n) is 1.42. The maximum absolute atomic E-state index is 5.22. The summed E-state index contributed by atoms with van der Waals surface area (Å²) in [6.07, 6.45) is 1.62. The van der Waals surface area contributed by atoms with Crippen molar-refractivity contribution in [2.75, 3.05) is 13.2 Å². The van der Waals surface area contributed by atoms with E-state index in [-0.39, 0.29) is 0 Å². The molecule has 0 bridgehead atoms. The predicted molar refractivity (Wildman–Crippen MR) is 39.7 cm³/mol. The first kappa shape index (κ1) is 6.27. The van der Waals surface area contributed by atoms with Gasteiger partial charge in [0.15, 0.2) is 0 Å². The van der Waals surface area contributed by atoms with Crippen LogP contribution in [0.25, 0.3) is 6.08 Å². The first-order valence-electron chi connectivity index (χ1n) is 3.38. The van der Waals surface area contributed by atoms with Crippen LogP contribution in [0, 0.1) is 0 Å². The van der Waals surface area contributed by atoms with Crippen molar-refractivity contribution in [2.45, 2.75) is 0 Å². The molecule has 1 aliphatic heterocycles. The van der Waals surface area contributed by atoms with Gasteiger partial charge in [-0.1, -0.05) is 6.58 Å². The summed E-state index contributed by atoms with van der Waals surface area (Å²) in [5.74, 6) is 1.81. The van der Waals surface area contributed by atoms with E-state index < -0.39 is 0 Å². The molecule has 4 nitrogen and oxygen atoms in total. The number of aromatic nitrogens is 2. The zero-order valence-electron chi connectivity index (χ0n) is 5.96. The lowest BCUT2D eigenvalue weighted by Gasteiger charge is -2.11. The Balaban J connectivity index is 2.39. The molecule has 0 fully saturated rings. The van der Waals surface area contributed by atoms with Crippen LogP contribution in [0.15, 0.2) is 6.58 Å². The van der Waals surface area contributed by atoms with E-state index in [0.29, 0.717) is 30.8 Å². The zero-order valence-corrected chi connectivity index (χ0v) is 5.96. The second kappa shape index (κ2) is 2.30. The van der Waals surface area contributed by atoms with Crippen LogP contribution in [-0.2, 0) is 0 Å². The van der Waals surface area contributed by atoms with Crippen LogP contribution in [0.2, 0.25) is 0 Å². The fraction of sp³-hybridized carbons (Fsp3) is 0.286. The Bertz CT molecular complexity index is 256. The van der Waals surface area contributed by atoms with E-state index in [9.17, 15) is 0 Å². The Morgan fingerprint density at radius 3 is 3.00 bits per heavy atom. The zero-order chi connectivity index (χ0) is 7.68. The van der Waals surface area contributed by atoms with Crippen molar-refractivity contribution < 1.29 is 9.47 Å². The van der Waals surface area contributed by atoms with Crippen LogP contribution in [-0.4, -0.2) is 23.2 Å². The van der Waals surface area contributed by atoms with Crippen LogP contribution < -0.4 is 9.47 Å². The average Bonchev–Trinajstić information content (AvgIpc) is 2.46. The fourth-order valence-corrected chi connectivity index (χ4v) is 0.932. The summed E-state index contributed by atoms with van der Waals surface area (Å²) in [6, 6.07) is 0. The van der Waals surface area contributed by atoms with Gasteiger partial charge < -0.3 is 14.5 Å². The van der Waals surface area contributed by atoms with E-state index >= 15 is 0 Å². The highest BCUT2D eigenvalue weighted by Crippen LogP contribution is 2.26. The van der Waals surface area contributed by atoms with Crippen LogP contribution in [0.5, 0.6) is 11.8 Å². The molecular weight excluding hydrogens is 144 g/mol. The molecule has 11 heavy (non-hydrogen) atoms. The SMILES string of the molecule is C=Cc1nc2c([nH]1)OCCO2. The van der Waals surface area contributed by atoms with Crippen LogP contribution in [0.1, 0.15) is 5.82 Å². The molecule has 0 spiro atoms. The number of hydrogen-bond acceptors (Lipinski definition) is 3. The Kier molecular flexibility index (Phi) is 1.31. The Hall–Kier alpha value is -1.45. The summed E-state index contributed by atoms with van der Waals surface area (Å²) >= 11 is 0. The third-order valence-corrected chi connectivity index (χ3v) is 1.42. The van der Waals surface area contributed by atoms with E-state index in [0.717, 1.165) is 0 Å². The third kappa shape index (κ3) is 0.960. The summed E-state index contributed by atoms with van der Waals surface area (Å²) in [5, 5.41) is 0. The number of imidazole rings is 1. The maximum atomic E-state index is 5.22.